The molecule has 3 unspecified atom stereocenters. The van der Waals surface area contributed by atoms with Crippen LogP contribution in [0.4, 0.5) is 11.4 Å². The first-order valence-corrected chi connectivity index (χ1v) is 23.8. The van der Waals surface area contributed by atoms with Gasteiger partial charge < -0.3 is 71.9 Å². The van der Waals surface area contributed by atoms with Crippen molar-refractivity contribution < 1.29 is 69.6 Å². The summed E-state index contributed by atoms with van der Waals surface area (Å²) in [6, 6.07) is 0. The molecule has 0 heterocycles. The number of hydrogen-bond acceptors (Lipinski definition) is 14. The molecular weight excluding hydrogens is 897 g/mol. The molecule has 0 aromatic heterocycles. The first-order chi connectivity index (χ1) is 32.8. The molecule has 0 aliphatic carbocycles. The monoisotopic (exact) mass is 987 g/mol. The molecule has 20 nitrogen and oxygen atoms in total. The molecule has 0 fully saturated rings. The number of carbonyl (C=O) groups is 6. The van der Waals surface area contributed by atoms with Crippen molar-refractivity contribution in [2.75, 3.05) is 82.1 Å². The highest BCUT2D eigenvalue weighted by atomic mass is 16.3. The number of nitrogens with zero attached hydrogens (tertiary/aromatic N) is 2. The van der Waals surface area contributed by atoms with Gasteiger partial charge in [-0.15, -0.1) is 0 Å². The van der Waals surface area contributed by atoms with E-state index in [-0.39, 0.29) is 81.3 Å². The number of amides is 6. The molecular formula is C49H90N6O14. The summed E-state index contributed by atoms with van der Waals surface area (Å²) in [6.07, 6.45) is -2.11. The standard InChI is InChI=1S/C20H31N3O7.C19H29N3O7.5C2H6/c1-11(27)8-23(10-26)18-13(3)16(19(29)21-5-6-24)12(2)17(14(18)4)20(30)22-7-15(28)9-25;1-11-15(18(28)20-4-6-23)12(2)17(22(10-26)5-7-24)13(3)16(11)19(29)21-8-14(27)9-25;5*1-2/h10-11,15,24-25,27-28H,5-9H2,1-4H3,(H,21,29)(H,22,30);10,14,23-25,27H,4-9H2,1-3H3,(H,20,28)(H,21,29);5*1-2H3. The van der Waals surface area contributed by atoms with Gasteiger partial charge in [0.25, 0.3) is 23.6 Å². The number of hydrogen-bond donors (Lipinski definition) is 12. The summed E-state index contributed by atoms with van der Waals surface area (Å²) < 4.78 is 0. The molecule has 69 heavy (non-hydrogen) atoms. The molecule has 0 saturated heterocycles. The molecule has 3 atom stereocenters. The van der Waals surface area contributed by atoms with Crippen LogP contribution >= 0.6 is 0 Å². The normalized spacial score (nSPS) is 10.9. The quantitative estimate of drug-likeness (QED) is 0.0754. The van der Waals surface area contributed by atoms with Gasteiger partial charge in [-0.3, -0.25) is 28.8 Å². The third kappa shape index (κ3) is 23.4. The Hall–Kier alpha value is -5.06. The van der Waals surface area contributed by atoms with E-state index >= 15 is 0 Å². The fourth-order valence-electron chi connectivity index (χ4n) is 6.67. The van der Waals surface area contributed by atoms with Crippen LogP contribution < -0.4 is 31.1 Å². The summed E-state index contributed by atoms with van der Waals surface area (Å²) in [6.45, 7) is 28.9. The van der Waals surface area contributed by atoms with E-state index in [0.29, 0.717) is 57.6 Å². The smallest absolute Gasteiger partial charge is 0.252 e. The van der Waals surface area contributed by atoms with Gasteiger partial charge in [-0.2, -0.15) is 0 Å². The second-order valence-corrected chi connectivity index (χ2v) is 13.6. The maximum Gasteiger partial charge on any atom is 0.252 e. The largest absolute Gasteiger partial charge is 0.395 e. The number of aliphatic hydroxyl groups is 8. The minimum absolute atomic E-state index is 0.0101. The number of anilines is 2. The minimum atomic E-state index is -1.14. The van der Waals surface area contributed by atoms with Gasteiger partial charge in [0, 0.05) is 55.0 Å². The molecule has 6 amide bonds. The van der Waals surface area contributed by atoms with Gasteiger partial charge in [-0.25, -0.2) is 0 Å². The SMILES string of the molecule is CC.CC.CC.CC.CC.Cc1c(C(=O)NCCO)c(C)c(N(C=O)CC(C)O)c(C)c1C(=O)NCC(O)CO.Cc1c(C(=O)NCCO)c(C)c(N(C=O)CCO)c(C)c1C(=O)NCC(O)CO. The van der Waals surface area contributed by atoms with Crippen molar-refractivity contribution in [2.45, 2.75) is 136 Å². The predicted molar refractivity (Wildman–Crippen MR) is 273 cm³/mol. The topological polar surface area (TPSA) is 319 Å². The van der Waals surface area contributed by atoms with E-state index in [1.165, 1.54) is 16.7 Å². The van der Waals surface area contributed by atoms with E-state index in [9.17, 15) is 49.2 Å². The van der Waals surface area contributed by atoms with Crippen LogP contribution in [0.2, 0.25) is 0 Å². The van der Waals surface area contributed by atoms with Gasteiger partial charge in [0.2, 0.25) is 12.8 Å². The van der Waals surface area contributed by atoms with Crippen LogP contribution in [0.15, 0.2) is 0 Å². The molecule has 0 saturated carbocycles. The van der Waals surface area contributed by atoms with Crippen molar-refractivity contribution in [3.8, 4) is 0 Å². The van der Waals surface area contributed by atoms with Gasteiger partial charge in [-0.1, -0.05) is 69.2 Å². The Labute approximate surface area is 411 Å². The molecule has 0 aliphatic rings. The molecule has 0 aliphatic heterocycles. The fraction of sp³-hybridized carbons (Fsp3) is 0.633. The minimum Gasteiger partial charge on any atom is -0.395 e. The summed E-state index contributed by atoms with van der Waals surface area (Å²) in [4.78, 5) is 76.9. The Balaban J connectivity index is -0.000000335. The highest BCUT2D eigenvalue weighted by molar-refractivity contribution is 6.08. The molecule has 0 bridgehead atoms. The second-order valence-electron chi connectivity index (χ2n) is 13.6. The highest BCUT2D eigenvalue weighted by Gasteiger charge is 2.29. The lowest BCUT2D eigenvalue weighted by Crippen LogP contribution is -2.37. The van der Waals surface area contributed by atoms with Crippen LogP contribution in [-0.2, 0) is 9.59 Å². The van der Waals surface area contributed by atoms with Gasteiger partial charge in [0.05, 0.1) is 69.3 Å². The number of rotatable bonds is 22. The van der Waals surface area contributed by atoms with Gasteiger partial charge >= 0.3 is 0 Å². The molecule has 0 radical (unpaired) electrons. The molecule has 2 aromatic carbocycles. The second kappa shape index (κ2) is 43.0. The number of nitrogens with one attached hydrogen (secondary N) is 4. The summed E-state index contributed by atoms with van der Waals surface area (Å²) in [5.41, 5.74) is 3.76. The summed E-state index contributed by atoms with van der Waals surface area (Å²) >= 11 is 0. The fourth-order valence-corrected chi connectivity index (χ4v) is 6.67. The Morgan fingerprint density at radius 2 is 0.739 bits per heavy atom. The van der Waals surface area contributed by atoms with Crippen LogP contribution in [0.5, 0.6) is 0 Å². The summed E-state index contributed by atoms with van der Waals surface area (Å²) in [5, 5.41) is 84.0. The lowest BCUT2D eigenvalue weighted by atomic mass is 9.89. The maximum absolute atomic E-state index is 12.9. The number of benzene rings is 2. The van der Waals surface area contributed by atoms with Gasteiger partial charge in [-0.05, 0) is 81.8 Å². The first kappa shape index (κ1) is 72.9. The van der Waals surface area contributed by atoms with Crippen molar-refractivity contribution in [3.05, 3.63) is 55.6 Å². The molecule has 20 heteroatoms. The highest BCUT2D eigenvalue weighted by Crippen LogP contribution is 2.35. The van der Waals surface area contributed by atoms with Crippen molar-refractivity contribution in [3.63, 3.8) is 0 Å². The van der Waals surface area contributed by atoms with Crippen LogP contribution in [0.1, 0.15) is 151 Å². The van der Waals surface area contributed by atoms with Crippen molar-refractivity contribution >= 4 is 47.8 Å². The van der Waals surface area contributed by atoms with Gasteiger partial charge in [0.1, 0.15) is 0 Å². The Bertz CT molecular complexity index is 1790. The molecule has 2 aromatic rings. The average Bonchev–Trinajstić information content (AvgIpc) is 3.35. The van der Waals surface area contributed by atoms with Crippen LogP contribution in [0, 0.1) is 41.5 Å². The number of aliphatic hydroxyl groups excluding tert-OH is 8. The van der Waals surface area contributed by atoms with E-state index in [2.05, 4.69) is 21.3 Å². The molecule has 0 spiro atoms. The average molecular weight is 987 g/mol. The molecule has 12 N–H and O–H groups in total. The van der Waals surface area contributed by atoms with Crippen molar-refractivity contribution in [1.82, 2.24) is 21.3 Å². The zero-order valence-corrected chi connectivity index (χ0v) is 44.6. The third-order valence-corrected chi connectivity index (χ3v) is 9.17. The van der Waals surface area contributed by atoms with E-state index < -0.39 is 55.2 Å². The summed E-state index contributed by atoms with van der Waals surface area (Å²) in [7, 11) is 0. The third-order valence-electron chi connectivity index (χ3n) is 9.17. The van der Waals surface area contributed by atoms with Crippen LogP contribution in [-0.4, -0.2) is 168 Å². The molecule has 400 valence electrons. The van der Waals surface area contributed by atoms with Crippen LogP contribution in [0.3, 0.4) is 0 Å². The van der Waals surface area contributed by atoms with Gasteiger partial charge in [0.15, 0.2) is 0 Å². The first-order valence-electron chi connectivity index (χ1n) is 23.8. The Morgan fingerprint density at radius 3 is 0.971 bits per heavy atom. The Kier molecular flexibility index (Phi) is 45.4. The number of carbonyl (C=O) groups excluding carboxylic acids is 6. The maximum atomic E-state index is 12.9. The van der Waals surface area contributed by atoms with E-state index in [0.717, 1.165) is 0 Å². The predicted octanol–water partition coefficient (Wildman–Crippen LogP) is 2.26. The van der Waals surface area contributed by atoms with Crippen LogP contribution in [0.25, 0.3) is 0 Å². The van der Waals surface area contributed by atoms with Crippen molar-refractivity contribution in [1.29, 1.82) is 0 Å². The van der Waals surface area contributed by atoms with Crippen molar-refractivity contribution in [2.24, 2.45) is 0 Å². The zero-order valence-electron chi connectivity index (χ0n) is 44.6. The molecule has 2 rings (SSSR count). The van der Waals surface area contributed by atoms with E-state index in [1.54, 1.807) is 41.5 Å². The van der Waals surface area contributed by atoms with E-state index in [4.69, 9.17) is 20.4 Å². The lowest BCUT2D eigenvalue weighted by Gasteiger charge is -2.28. The lowest BCUT2D eigenvalue weighted by molar-refractivity contribution is -0.108. The zero-order chi connectivity index (χ0) is 55.1. The van der Waals surface area contributed by atoms with E-state index in [1.807, 2.05) is 69.2 Å². The summed E-state index contributed by atoms with van der Waals surface area (Å²) in [5.74, 6) is -2.21. The Morgan fingerprint density at radius 1 is 0.464 bits per heavy atom.